The first-order valence-electron chi connectivity index (χ1n) is 17.9. The first kappa shape index (κ1) is 33.5. The van der Waals surface area contributed by atoms with E-state index in [2.05, 4.69) is 34.6 Å². The Morgan fingerprint density at radius 3 is 1.98 bits per heavy atom. The van der Waals surface area contributed by atoms with Gasteiger partial charge in [0.1, 0.15) is 0 Å². The van der Waals surface area contributed by atoms with E-state index in [1.807, 2.05) is 36.4 Å². The Kier molecular flexibility index (Phi) is 9.23. The summed E-state index contributed by atoms with van der Waals surface area (Å²) in [6, 6.07) is 17.0. The summed E-state index contributed by atoms with van der Waals surface area (Å²) in [7, 11) is 3.38. The van der Waals surface area contributed by atoms with Crippen molar-refractivity contribution in [3.8, 4) is 45.4 Å². The number of methoxy groups -OCH3 is 2. The van der Waals surface area contributed by atoms with Crippen LogP contribution >= 0.6 is 23.2 Å². The summed E-state index contributed by atoms with van der Waals surface area (Å²) in [6.45, 7) is 5.29. The molecule has 0 saturated carbocycles. The number of rotatable bonds is 10. The lowest BCUT2D eigenvalue weighted by Crippen LogP contribution is -2.47. The van der Waals surface area contributed by atoms with Gasteiger partial charge in [0, 0.05) is 77.6 Å². The number of benzene rings is 2. The van der Waals surface area contributed by atoms with Crippen molar-refractivity contribution in [2.45, 2.75) is 70.0 Å². The molecule has 10 heteroatoms. The van der Waals surface area contributed by atoms with E-state index in [0.29, 0.717) is 34.3 Å². The fourth-order valence-corrected chi connectivity index (χ4v) is 9.11. The number of carbonyl (C=O) groups is 1. The topological polar surface area (TPSA) is 88.6 Å². The molecule has 2 aliphatic heterocycles. The van der Waals surface area contributed by atoms with Gasteiger partial charge in [0.25, 0.3) is 0 Å². The van der Waals surface area contributed by atoms with Gasteiger partial charge in [-0.3, -0.25) is 9.69 Å². The Morgan fingerprint density at radius 2 is 1.40 bits per heavy atom. The lowest BCUT2D eigenvalue weighted by molar-refractivity contribution is -0.119. The second-order valence-electron chi connectivity index (χ2n) is 14.1. The van der Waals surface area contributed by atoms with Crippen molar-refractivity contribution in [2.24, 2.45) is 5.92 Å². The third-order valence-electron chi connectivity index (χ3n) is 11.2. The Labute approximate surface area is 303 Å². The molecule has 4 heterocycles. The largest absolute Gasteiger partial charge is 0.481 e. The van der Waals surface area contributed by atoms with E-state index < -0.39 is 0 Å². The predicted molar refractivity (Wildman–Crippen MR) is 198 cm³/mol. The molecule has 2 saturated heterocycles. The summed E-state index contributed by atoms with van der Waals surface area (Å²) in [4.78, 5) is 24.3. The van der Waals surface area contributed by atoms with Crippen LogP contribution < -0.4 is 20.1 Å². The quantitative estimate of drug-likeness (QED) is 0.172. The number of likely N-dealkylation sites (tertiary alicyclic amines) is 1. The van der Waals surface area contributed by atoms with Gasteiger partial charge in [0.15, 0.2) is 0 Å². The van der Waals surface area contributed by atoms with Gasteiger partial charge in [0.2, 0.25) is 17.7 Å². The summed E-state index contributed by atoms with van der Waals surface area (Å²) in [6.07, 6.45) is 6.60. The molecule has 260 valence electrons. The molecule has 1 amide bonds. The molecule has 0 spiro atoms. The molecule has 8 rings (SSSR count). The standard InChI is InChI=1S/C40H43Cl2N5O3/c1-4-22-20-47(21-22)33-15-12-24-18-32(46-40(50-3)36(24)33)29-10-6-8-27(38(29)42)26-7-5-9-28(37(26)41)31-17-23-11-14-30(35(23)39(45-31)49-2)43-19-25-13-16-34(48)44-25/h5-10,17-18,22,25,30,33,43H,4,11-16,19-21H2,1-3H3,(H,44,48)/t25-,30+,33+/m0/s1. The number of aromatic nitrogens is 2. The van der Waals surface area contributed by atoms with Crippen molar-refractivity contribution >= 4 is 29.1 Å². The fourth-order valence-electron chi connectivity index (χ4n) is 8.46. The number of hydrogen-bond acceptors (Lipinski definition) is 7. The Bertz CT molecular complexity index is 1960. The molecule has 2 aliphatic carbocycles. The molecule has 2 fully saturated rings. The highest BCUT2D eigenvalue weighted by atomic mass is 35.5. The normalized spacial score (nSPS) is 21.5. The van der Waals surface area contributed by atoms with Crippen molar-refractivity contribution in [1.29, 1.82) is 0 Å². The maximum atomic E-state index is 11.7. The molecule has 50 heavy (non-hydrogen) atoms. The van der Waals surface area contributed by atoms with Gasteiger partial charge >= 0.3 is 0 Å². The fraction of sp³-hybridized carbons (Fsp3) is 0.425. The van der Waals surface area contributed by atoms with Crippen LogP contribution in [0.2, 0.25) is 10.0 Å². The van der Waals surface area contributed by atoms with Gasteiger partial charge in [-0.15, -0.1) is 0 Å². The van der Waals surface area contributed by atoms with Crippen molar-refractivity contribution in [2.75, 3.05) is 33.9 Å². The molecule has 0 bridgehead atoms. The average molecular weight is 713 g/mol. The van der Waals surface area contributed by atoms with Crippen LogP contribution in [0.4, 0.5) is 0 Å². The first-order valence-corrected chi connectivity index (χ1v) is 18.6. The van der Waals surface area contributed by atoms with Crippen LogP contribution in [-0.2, 0) is 17.6 Å². The van der Waals surface area contributed by atoms with E-state index in [9.17, 15) is 4.79 Å². The lowest BCUT2D eigenvalue weighted by Gasteiger charge is -2.43. The molecule has 4 aromatic rings. The number of hydrogen-bond donors (Lipinski definition) is 2. The maximum absolute atomic E-state index is 11.7. The zero-order valence-electron chi connectivity index (χ0n) is 28.8. The van der Waals surface area contributed by atoms with Gasteiger partial charge in [-0.2, -0.15) is 0 Å². The second kappa shape index (κ2) is 13.8. The molecular formula is C40H43Cl2N5O3. The van der Waals surface area contributed by atoms with Crippen LogP contribution in [0.5, 0.6) is 11.8 Å². The molecular weight excluding hydrogens is 669 g/mol. The summed E-state index contributed by atoms with van der Waals surface area (Å²) >= 11 is 14.5. The van der Waals surface area contributed by atoms with Crippen molar-refractivity contribution in [3.63, 3.8) is 0 Å². The minimum atomic E-state index is 0.115. The molecule has 3 atom stereocenters. The number of pyridine rings is 2. The van der Waals surface area contributed by atoms with Gasteiger partial charge in [-0.1, -0.05) is 72.9 Å². The van der Waals surface area contributed by atoms with Gasteiger partial charge in [0.05, 0.1) is 35.7 Å². The Hall–Kier alpha value is -3.69. The van der Waals surface area contributed by atoms with Crippen LogP contribution in [-0.4, -0.2) is 60.7 Å². The van der Waals surface area contributed by atoms with E-state index in [-0.39, 0.29) is 18.0 Å². The number of nitrogens with zero attached hydrogens (tertiary/aromatic N) is 3. The maximum Gasteiger partial charge on any atom is 0.220 e. The highest BCUT2D eigenvalue weighted by Gasteiger charge is 2.38. The number of aryl methyl sites for hydroxylation is 2. The van der Waals surface area contributed by atoms with Gasteiger partial charge in [-0.25, -0.2) is 9.97 Å². The number of fused-ring (bicyclic) bond motifs is 2. The van der Waals surface area contributed by atoms with E-state index in [1.165, 1.54) is 23.1 Å². The zero-order chi connectivity index (χ0) is 34.5. The molecule has 2 aromatic heterocycles. The molecule has 2 aromatic carbocycles. The highest BCUT2D eigenvalue weighted by molar-refractivity contribution is 6.39. The third kappa shape index (κ3) is 5.94. The van der Waals surface area contributed by atoms with E-state index in [4.69, 9.17) is 42.6 Å². The van der Waals surface area contributed by atoms with Crippen LogP contribution in [0.1, 0.15) is 73.4 Å². The average Bonchev–Trinajstić information content (AvgIpc) is 3.85. The predicted octanol–water partition coefficient (Wildman–Crippen LogP) is 7.99. The molecule has 2 N–H and O–H groups in total. The lowest BCUT2D eigenvalue weighted by atomic mass is 9.93. The number of amides is 1. The van der Waals surface area contributed by atoms with E-state index in [0.717, 1.165) is 96.9 Å². The third-order valence-corrected chi connectivity index (χ3v) is 12.0. The Morgan fingerprint density at radius 1 is 0.820 bits per heavy atom. The van der Waals surface area contributed by atoms with Gasteiger partial charge in [-0.05, 0) is 61.3 Å². The summed E-state index contributed by atoms with van der Waals surface area (Å²) in [5, 5.41) is 7.86. The smallest absolute Gasteiger partial charge is 0.220 e. The second-order valence-corrected chi connectivity index (χ2v) is 14.9. The zero-order valence-corrected chi connectivity index (χ0v) is 30.3. The summed E-state index contributed by atoms with van der Waals surface area (Å²) < 4.78 is 11.8. The monoisotopic (exact) mass is 711 g/mol. The molecule has 8 nitrogen and oxygen atoms in total. The van der Waals surface area contributed by atoms with E-state index >= 15 is 0 Å². The highest BCUT2D eigenvalue weighted by Crippen LogP contribution is 2.48. The summed E-state index contributed by atoms with van der Waals surface area (Å²) in [5.41, 5.74) is 9.68. The molecule has 0 unspecified atom stereocenters. The number of nitrogens with one attached hydrogen (secondary N) is 2. The van der Waals surface area contributed by atoms with Crippen LogP contribution in [0.25, 0.3) is 33.6 Å². The van der Waals surface area contributed by atoms with Crippen LogP contribution in [0.15, 0.2) is 48.5 Å². The minimum absolute atomic E-state index is 0.115. The van der Waals surface area contributed by atoms with Crippen molar-refractivity contribution in [1.82, 2.24) is 25.5 Å². The van der Waals surface area contributed by atoms with E-state index in [1.54, 1.807) is 14.2 Å². The first-order chi connectivity index (χ1) is 24.4. The number of carbonyl (C=O) groups excluding carboxylic acids is 1. The van der Waals surface area contributed by atoms with Crippen LogP contribution in [0.3, 0.4) is 0 Å². The SMILES string of the molecule is CCC1CN([C@@H]2CCc3cc(-c4cccc(-c5cccc(-c6cc7c(c(OC)n6)[C@H](NC[C@@H]6CCC(=O)N6)CC7)c5Cl)c4Cl)nc(OC)c32)C1. The van der Waals surface area contributed by atoms with Crippen LogP contribution in [0, 0.1) is 5.92 Å². The number of ether oxygens (including phenoxy) is 2. The van der Waals surface area contributed by atoms with Crippen molar-refractivity contribution in [3.05, 3.63) is 80.8 Å². The summed E-state index contributed by atoms with van der Waals surface area (Å²) in [5.74, 6) is 2.21. The molecule has 4 aliphatic rings. The Balaban J connectivity index is 1.09. The van der Waals surface area contributed by atoms with Crippen molar-refractivity contribution < 1.29 is 14.3 Å². The number of halogens is 2. The minimum Gasteiger partial charge on any atom is -0.481 e. The van der Waals surface area contributed by atoms with Gasteiger partial charge < -0.3 is 20.1 Å². The molecule has 0 radical (unpaired) electrons.